The number of hydrogen-bond acceptors (Lipinski definition) is 2. The van der Waals surface area contributed by atoms with Gasteiger partial charge in [-0.05, 0) is 53.6 Å². The van der Waals surface area contributed by atoms with Gasteiger partial charge >= 0.3 is 0 Å². The first kappa shape index (κ1) is 25.6. The quantitative estimate of drug-likeness (QED) is 0.199. The van der Waals surface area contributed by atoms with Crippen LogP contribution in [0.3, 0.4) is 0 Å². The topological polar surface area (TPSA) is 35.1 Å². The van der Waals surface area contributed by atoms with Crippen LogP contribution in [0, 0.1) is 0 Å². The maximum Gasteiger partial charge on any atom is 0.162 e. The molecule has 48 heavy (non-hydrogen) atoms. The van der Waals surface area contributed by atoms with E-state index in [9.17, 15) is 0 Å². The lowest BCUT2D eigenvalue weighted by Gasteiger charge is -2.13. The molecule has 0 aliphatic carbocycles. The van der Waals surface area contributed by atoms with Crippen LogP contribution < -0.4 is 0 Å². The molecule has 0 atom stereocenters. The summed E-state index contributed by atoms with van der Waals surface area (Å²) in [6.07, 6.45) is 0. The minimum Gasteiger partial charge on any atom is -0.308 e. The number of aromatic nitrogens is 4. The lowest BCUT2D eigenvalue weighted by atomic mass is 10.00. The van der Waals surface area contributed by atoms with E-state index in [1.165, 1.54) is 65.5 Å². The average Bonchev–Trinajstić information content (AvgIpc) is 3.79. The fourth-order valence-electron chi connectivity index (χ4n) is 7.98. The summed E-state index contributed by atoms with van der Waals surface area (Å²) < 4.78 is 4.87. The Morgan fingerprint density at radius 1 is 0.375 bits per heavy atom. The molecule has 0 radical (unpaired) electrons. The summed E-state index contributed by atoms with van der Waals surface area (Å²) >= 11 is 0. The minimum atomic E-state index is 0.718. The molecule has 4 nitrogen and oxygen atoms in total. The predicted molar refractivity (Wildman–Crippen MR) is 199 cm³/mol. The summed E-state index contributed by atoms with van der Waals surface area (Å²) in [5.74, 6) is 1.61. The van der Waals surface area contributed by atoms with Crippen LogP contribution in [0.5, 0.6) is 0 Å². The molecule has 0 fully saturated rings. The standard InChI is InChI=1S/C44H26N4/c1-3-13-27(14-4-1)29-23-24-39-33(25-29)35-26-34-30-17-8-11-21-37(30)48(42(34)40-32-19-9-12-22-38(32)47(39)41(35)40)44-31-18-7-10-20-36(31)45-43(46-44)28-15-5-2-6-16-28/h1-26H. The maximum atomic E-state index is 5.38. The Morgan fingerprint density at radius 3 is 1.81 bits per heavy atom. The van der Waals surface area contributed by atoms with Gasteiger partial charge in [0.1, 0.15) is 5.82 Å². The Hall–Kier alpha value is -6.52. The smallest absolute Gasteiger partial charge is 0.162 e. The molecule has 4 aromatic heterocycles. The van der Waals surface area contributed by atoms with Gasteiger partial charge in [0.05, 0.1) is 33.1 Å². The van der Waals surface area contributed by atoms with Crippen LogP contribution in [0.15, 0.2) is 158 Å². The number of fused-ring (bicyclic) bond motifs is 11. The molecular formula is C44H26N4. The fourth-order valence-corrected chi connectivity index (χ4v) is 7.98. The highest BCUT2D eigenvalue weighted by atomic mass is 15.1. The molecule has 4 heterocycles. The zero-order valence-electron chi connectivity index (χ0n) is 25.8. The van der Waals surface area contributed by atoms with Gasteiger partial charge in [-0.25, -0.2) is 9.97 Å². The molecule has 4 heteroatoms. The summed E-state index contributed by atoms with van der Waals surface area (Å²) in [6.45, 7) is 0. The molecule has 0 saturated carbocycles. The van der Waals surface area contributed by atoms with E-state index in [2.05, 4.69) is 148 Å². The number of nitrogens with zero attached hydrogens (tertiary/aromatic N) is 4. The van der Waals surface area contributed by atoms with Crippen LogP contribution in [-0.2, 0) is 0 Å². The summed E-state index contributed by atoms with van der Waals surface area (Å²) in [4.78, 5) is 10.4. The predicted octanol–water partition coefficient (Wildman–Crippen LogP) is 11.2. The van der Waals surface area contributed by atoms with Crippen molar-refractivity contribution >= 4 is 70.8 Å². The number of rotatable bonds is 3. The van der Waals surface area contributed by atoms with Gasteiger partial charge in [0.2, 0.25) is 0 Å². The molecular weight excluding hydrogens is 585 g/mol. The van der Waals surface area contributed by atoms with Gasteiger partial charge in [-0.2, -0.15) is 0 Å². The highest BCUT2D eigenvalue weighted by Gasteiger charge is 2.25. The second-order valence-corrected chi connectivity index (χ2v) is 12.6. The number of hydrogen-bond donors (Lipinski definition) is 0. The van der Waals surface area contributed by atoms with Crippen LogP contribution in [0.4, 0.5) is 0 Å². The molecule has 0 saturated heterocycles. The van der Waals surface area contributed by atoms with E-state index in [0.717, 1.165) is 33.6 Å². The van der Waals surface area contributed by atoms with Crippen LogP contribution in [0.25, 0.3) is 99.1 Å². The van der Waals surface area contributed by atoms with Crippen LogP contribution >= 0.6 is 0 Å². The van der Waals surface area contributed by atoms with Crippen molar-refractivity contribution in [2.45, 2.75) is 0 Å². The monoisotopic (exact) mass is 610 g/mol. The van der Waals surface area contributed by atoms with Crippen molar-refractivity contribution in [2.24, 2.45) is 0 Å². The number of para-hydroxylation sites is 3. The van der Waals surface area contributed by atoms with Gasteiger partial charge in [-0.1, -0.05) is 115 Å². The first-order valence-electron chi connectivity index (χ1n) is 16.4. The normalized spacial score (nSPS) is 12.2. The molecule has 0 unspecified atom stereocenters. The second kappa shape index (κ2) is 9.50. The summed E-state index contributed by atoms with van der Waals surface area (Å²) in [7, 11) is 0. The molecule has 7 aromatic carbocycles. The van der Waals surface area contributed by atoms with E-state index in [0.29, 0.717) is 0 Å². The van der Waals surface area contributed by atoms with E-state index >= 15 is 0 Å². The third kappa shape index (κ3) is 3.38. The van der Waals surface area contributed by atoms with Gasteiger partial charge in [0.25, 0.3) is 0 Å². The Balaban J connectivity index is 1.36. The Bertz CT molecular complexity index is 3040. The van der Waals surface area contributed by atoms with Crippen LogP contribution in [0.1, 0.15) is 0 Å². The van der Waals surface area contributed by atoms with Gasteiger partial charge in [0.15, 0.2) is 5.82 Å². The highest BCUT2D eigenvalue weighted by molar-refractivity contribution is 6.34. The van der Waals surface area contributed by atoms with E-state index in [4.69, 9.17) is 9.97 Å². The third-order valence-electron chi connectivity index (χ3n) is 10.0. The van der Waals surface area contributed by atoms with Gasteiger partial charge < -0.3 is 4.40 Å². The summed E-state index contributed by atoms with van der Waals surface area (Å²) in [5, 5.41) is 8.46. The Kier molecular flexibility index (Phi) is 5.08. The van der Waals surface area contributed by atoms with Crippen molar-refractivity contribution in [1.29, 1.82) is 0 Å². The van der Waals surface area contributed by atoms with Crippen molar-refractivity contribution in [3.05, 3.63) is 158 Å². The Morgan fingerprint density at radius 2 is 1.00 bits per heavy atom. The molecule has 0 amide bonds. The Labute approximate surface area is 275 Å². The summed E-state index contributed by atoms with van der Waals surface area (Å²) in [6, 6.07) is 56.3. The average molecular weight is 611 g/mol. The SMILES string of the molecule is c1ccc(-c2ccc3c(c2)c2cc4c5ccccc5n(-c5nc(-c6ccccc6)nc6ccccc56)c4c4c5ccccc5n3c24)cc1. The van der Waals surface area contributed by atoms with Crippen LogP contribution in [0.2, 0.25) is 0 Å². The molecule has 0 bridgehead atoms. The third-order valence-corrected chi connectivity index (χ3v) is 10.0. The highest BCUT2D eigenvalue weighted by Crippen LogP contribution is 2.47. The van der Waals surface area contributed by atoms with Crippen LogP contribution in [-0.4, -0.2) is 18.9 Å². The summed E-state index contributed by atoms with van der Waals surface area (Å²) in [5.41, 5.74) is 10.3. The van der Waals surface area contributed by atoms with Crippen molar-refractivity contribution in [1.82, 2.24) is 18.9 Å². The lowest BCUT2D eigenvalue weighted by Crippen LogP contribution is -2.02. The van der Waals surface area contributed by atoms with Crippen molar-refractivity contribution < 1.29 is 0 Å². The zero-order chi connectivity index (χ0) is 31.3. The van der Waals surface area contributed by atoms with Gasteiger partial charge in [-0.3, -0.25) is 4.57 Å². The largest absolute Gasteiger partial charge is 0.308 e. The van der Waals surface area contributed by atoms with Gasteiger partial charge in [-0.15, -0.1) is 0 Å². The lowest BCUT2D eigenvalue weighted by molar-refractivity contribution is 1.08. The zero-order valence-corrected chi connectivity index (χ0v) is 25.8. The molecule has 0 spiro atoms. The second-order valence-electron chi connectivity index (χ2n) is 12.6. The molecule has 0 aliphatic heterocycles. The van der Waals surface area contributed by atoms with Gasteiger partial charge in [0, 0.05) is 43.3 Å². The van der Waals surface area contributed by atoms with E-state index in [1.54, 1.807) is 0 Å². The van der Waals surface area contributed by atoms with E-state index < -0.39 is 0 Å². The number of benzene rings is 7. The van der Waals surface area contributed by atoms with E-state index in [-0.39, 0.29) is 0 Å². The van der Waals surface area contributed by atoms with E-state index in [1.807, 2.05) is 18.2 Å². The molecule has 11 aromatic rings. The first-order valence-corrected chi connectivity index (χ1v) is 16.4. The fraction of sp³-hybridized carbons (Fsp3) is 0. The maximum absolute atomic E-state index is 5.38. The van der Waals surface area contributed by atoms with Crippen molar-refractivity contribution in [3.63, 3.8) is 0 Å². The van der Waals surface area contributed by atoms with Crippen molar-refractivity contribution in [3.8, 4) is 28.3 Å². The molecule has 0 aliphatic rings. The first-order chi connectivity index (χ1) is 23.8. The molecule has 0 N–H and O–H groups in total. The van der Waals surface area contributed by atoms with Crippen molar-refractivity contribution in [2.75, 3.05) is 0 Å². The molecule has 222 valence electrons. The minimum absolute atomic E-state index is 0.718. The molecule has 11 rings (SSSR count).